The van der Waals surface area contributed by atoms with Gasteiger partial charge in [-0.05, 0) is 25.5 Å². The van der Waals surface area contributed by atoms with E-state index in [1.165, 1.54) is 13.4 Å². The van der Waals surface area contributed by atoms with Crippen LogP contribution in [0.1, 0.15) is 41.2 Å². The lowest BCUT2D eigenvalue weighted by atomic mass is 9.87. The average molecular weight is 502 g/mol. The highest BCUT2D eigenvalue weighted by molar-refractivity contribution is 6.06. The Morgan fingerprint density at radius 1 is 1.14 bits per heavy atom. The molecule has 0 aliphatic carbocycles. The van der Waals surface area contributed by atoms with Gasteiger partial charge >= 0.3 is 0 Å². The Hall–Kier alpha value is -4.58. The van der Waals surface area contributed by atoms with Gasteiger partial charge < -0.3 is 14.4 Å². The Labute approximate surface area is 212 Å². The Morgan fingerprint density at radius 3 is 2.54 bits per heavy atom. The van der Waals surface area contributed by atoms with Gasteiger partial charge in [0.15, 0.2) is 17.1 Å². The molecule has 0 bridgehead atoms. The molecule has 5 aromatic rings. The van der Waals surface area contributed by atoms with Crippen molar-refractivity contribution in [2.24, 2.45) is 7.05 Å². The number of hydrogen-bond acceptors (Lipinski definition) is 8. The summed E-state index contributed by atoms with van der Waals surface area (Å²) in [4.78, 5) is 26.6. The SMILES string of the molecule is CCn1cnc(NC(=O)c2cc3c(nc2OC)nc(C(O)(c2ccccc2)c2cnn(C)c2)n3CC)n1. The van der Waals surface area contributed by atoms with Gasteiger partial charge in [0.2, 0.25) is 11.8 Å². The molecule has 1 atom stereocenters. The highest BCUT2D eigenvalue weighted by Gasteiger charge is 2.40. The highest BCUT2D eigenvalue weighted by Crippen LogP contribution is 2.38. The van der Waals surface area contributed by atoms with Gasteiger partial charge in [-0.15, -0.1) is 5.10 Å². The van der Waals surface area contributed by atoms with Crippen molar-refractivity contribution in [1.29, 1.82) is 0 Å². The Bertz CT molecular complexity index is 1570. The molecule has 4 aromatic heterocycles. The summed E-state index contributed by atoms with van der Waals surface area (Å²) in [7, 11) is 3.22. The summed E-state index contributed by atoms with van der Waals surface area (Å²) >= 11 is 0. The molecule has 5 rings (SSSR count). The third-order valence-electron chi connectivity index (χ3n) is 6.18. The number of aromatic nitrogens is 8. The van der Waals surface area contributed by atoms with Gasteiger partial charge in [-0.2, -0.15) is 10.1 Å². The van der Waals surface area contributed by atoms with Gasteiger partial charge in [0, 0.05) is 31.9 Å². The molecule has 190 valence electrons. The molecule has 1 amide bonds. The van der Waals surface area contributed by atoms with E-state index in [0.29, 0.717) is 41.2 Å². The van der Waals surface area contributed by atoms with E-state index in [0.717, 1.165) is 0 Å². The van der Waals surface area contributed by atoms with Crippen molar-refractivity contribution in [3.8, 4) is 5.88 Å². The summed E-state index contributed by atoms with van der Waals surface area (Å²) in [6.45, 7) is 4.94. The lowest BCUT2D eigenvalue weighted by Gasteiger charge is -2.27. The molecule has 0 fully saturated rings. The number of amides is 1. The van der Waals surface area contributed by atoms with Crippen LogP contribution >= 0.6 is 0 Å². The smallest absolute Gasteiger partial charge is 0.263 e. The van der Waals surface area contributed by atoms with E-state index in [1.807, 2.05) is 48.7 Å². The first-order chi connectivity index (χ1) is 17.9. The summed E-state index contributed by atoms with van der Waals surface area (Å²) in [6.07, 6.45) is 4.90. The monoisotopic (exact) mass is 501 g/mol. The third kappa shape index (κ3) is 4.10. The fourth-order valence-corrected chi connectivity index (χ4v) is 4.33. The fraction of sp³-hybridized carbons (Fsp3) is 0.280. The molecule has 12 nitrogen and oxygen atoms in total. The number of carbonyl (C=O) groups is 1. The van der Waals surface area contributed by atoms with Crippen molar-refractivity contribution < 1.29 is 14.6 Å². The van der Waals surface area contributed by atoms with E-state index in [4.69, 9.17) is 9.72 Å². The molecular weight excluding hydrogens is 474 g/mol. The molecule has 1 aromatic carbocycles. The Kier molecular flexibility index (Phi) is 6.17. The van der Waals surface area contributed by atoms with Crippen molar-refractivity contribution in [2.45, 2.75) is 32.5 Å². The van der Waals surface area contributed by atoms with Crippen LogP contribution in [0.3, 0.4) is 0 Å². The predicted octanol–water partition coefficient (Wildman–Crippen LogP) is 2.34. The number of methoxy groups -OCH3 is 1. The molecule has 0 saturated carbocycles. The summed E-state index contributed by atoms with van der Waals surface area (Å²) in [5, 5.41) is 23.5. The van der Waals surface area contributed by atoms with Gasteiger partial charge in [-0.1, -0.05) is 30.3 Å². The molecule has 0 aliphatic rings. The second-order valence-electron chi connectivity index (χ2n) is 8.42. The number of fused-ring (bicyclic) bond motifs is 1. The number of imidazole rings is 1. The number of aliphatic hydroxyl groups is 1. The molecule has 4 heterocycles. The standard InChI is InChI=1S/C25H27N9O3/c1-5-33-15-26-24(31-33)30-21(35)18-12-19-20(28-22(18)37-4)29-23(34(19)6-2)25(36,16-10-8-7-9-11-16)17-13-27-32(3)14-17/h7-15,36H,5-6H2,1-4H3,(H,30,31,35). The summed E-state index contributed by atoms with van der Waals surface area (Å²) in [6, 6.07) is 10.9. The zero-order valence-electron chi connectivity index (χ0n) is 21.0. The van der Waals surface area contributed by atoms with Crippen molar-refractivity contribution in [3.63, 3.8) is 0 Å². The fourth-order valence-electron chi connectivity index (χ4n) is 4.33. The second kappa shape index (κ2) is 9.47. The average Bonchev–Trinajstić information content (AvgIpc) is 3.66. The number of ether oxygens (including phenoxy) is 1. The molecular formula is C25H27N9O3. The van der Waals surface area contributed by atoms with E-state index in [9.17, 15) is 9.90 Å². The van der Waals surface area contributed by atoms with Crippen molar-refractivity contribution in [2.75, 3.05) is 12.4 Å². The molecule has 37 heavy (non-hydrogen) atoms. The normalized spacial score (nSPS) is 13.0. The zero-order valence-corrected chi connectivity index (χ0v) is 21.0. The maximum Gasteiger partial charge on any atom is 0.263 e. The van der Waals surface area contributed by atoms with Gasteiger partial charge in [0.25, 0.3) is 5.91 Å². The Morgan fingerprint density at radius 2 is 1.92 bits per heavy atom. The molecule has 1 unspecified atom stereocenters. The van der Waals surface area contributed by atoms with Crippen molar-refractivity contribution in [1.82, 2.24) is 39.1 Å². The van der Waals surface area contributed by atoms with Crippen molar-refractivity contribution in [3.05, 3.63) is 77.6 Å². The van der Waals surface area contributed by atoms with E-state index in [1.54, 1.807) is 34.9 Å². The molecule has 0 radical (unpaired) electrons. The number of anilines is 1. The summed E-state index contributed by atoms with van der Waals surface area (Å²) < 4.78 is 10.5. The largest absolute Gasteiger partial charge is 0.480 e. The number of nitrogens with zero attached hydrogens (tertiary/aromatic N) is 8. The number of rotatable bonds is 8. The quantitative estimate of drug-likeness (QED) is 0.330. The molecule has 0 aliphatic heterocycles. The van der Waals surface area contributed by atoms with Crippen LogP contribution in [0.25, 0.3) is 11.2 Å². The number of nitrogens with one attached hydrogen (secondary N) is 1. The van der Waals surface area contributed by atoms with Gasteiger partial charge in [-0.3, -0.25) is 19.5 Å². The number of hydrogen-bond donors (Lipinski definition) is 2. The van der Waals surface area contributed by atoms with Crippen LogP contribution in [0.2, 0.25) is 0 Å². The van der Waals surface area contributed by atoms with Crippen LogP contribution < -0.4 is 10.1 Å². The zero-order chi connectivity index (χ0) is 26.2. The van der Waals surface area contributed by atoms with Gasteiger partial charge in [-0.25, -0.2) is 9.97 Å². The first-order valence-electron chi connectivity index (χ1n) is 11.8. The van der Waals surface area contributed by atoms with Crippen molar-refractivity contribution >= 4 is 23.0 Å². The van der Waals surface area contributed by atoms with Crippen LogP contribution in [0, 0.1) is 0 Å². The first kappa shape index (κ1) is 24.1. The summed E-state index contributed by atoms with van der Waals surface area (Å²) in [5.74, 6) is 0.140. The molecule has 0 saturated heterocycles. The number of benzene rings is 1. The van der Waals surface area contributed by atoms with E-state index in [2.05, 4.69) is 25.5 Å². The number of pyridine rings is 1. The van der Waals surface area contributed by atoms with Crippen LogP contribution in [0.5, 0.6) is 5.88 Å². The lowest BCUT2D eigenvalue weighted by molar-refractivity contribution is 0.102. The Balaban J connectivity index is 1.67. The second-order valence-corrected chi connectivity index (χ2v) is 8.42. The minimum absolute atomic E-state index is 0.0943. The topological polar surface area (TPSA) is 138 Å². The van der Waals surface area contributed by atoms with E-state index in [-0.39, 0.29) is 17.4 Å². The third-order valence-corrected chi connectivity index (χ3v) is 6.18. The van der Waals surface area contributed by atoms with E-state index < -0.39 is 11.5 Å². The van der Waals surface area contributed by atoms with Crippen LogP contribution in [-0.2, 0) is 25.7 Å². The molecule has 12 heteroatoms. The van der Waals surface area contributed by atoms with Crippen LogP contribution in [0.15, 0.2) is 55.1 Å². The van der Waals surface area contributed by atoms with Crippen LogP contribution in [0.4, 0.5) is 5.95 Å². The molecule has 2 N–H and O–H groups in total. The highest BCUT2D eigenvalue weighted by atomic mass is 16.5. The number of carbonyl (C=O) groups excluding carboxylic acids is 1. The lowest BCUT2D eigenvalue weighted by Crippen LogP contribution is -2.32. The van der Waals surface area contributed by atoms with E-state index >= 15 is 0 Å². The summed E-state index contributed by atoms with van der Waals surface area (Å²) in [5.41, 5.74) is 0.627. The predicted molar refractivity (Wildman–Crippen MR) is 135 cm³/mol. The van der Waals surface area contributed by atoms with Crippen LogP contribution in [-0.4, -0.2) is 57.2 Å². The maximum absolute atomic E-state index is 13.2. The number of aryl methyl sites for hydroxylation is 3. The first-order valence-corrected chi connectivity index (χ1v) is 11.8. The minimum atomic E-state index is -1.63. The minimum Gasteiger partial charge on any atom is -0.480 e. The van der Waals surface area contributed by atoms with Gasteiger partial charge in [0.1, 0.15) is 11.9 Å². The van der Waals surface area contributed by atoms with Gasteiger partial charge in [0.05, 0.1) is 18.8 Å². The molecule has 0 spiro atoms. The maximum atomic E-state index is 13.2.